The highest BCUT2D eigenvalue weighted by molar-refractivity contribution is 6.08. The summed E-state index contributed by atoms with van der Waals surface area (Å²) in [5.41, 5.74) is 0.0548. The molecule has 0 atom stereocenters. The molecule has 0 saturated heterocycles. The minimum absolute atomic E-state index is 0.00258. The van der Waals surface area contributed by atoms with Crippen LogP contribution in [0.2, 0.25) is 0 Å². The van der Waals surface area contributed by atoms with Crippen LogP contribution < -0.4 is 5.32 Å². The standard InChI is InChI=1S/C20H22N4O5/c1-10(2)8-21-5-6-22-9-12-14(26)7-15(27)19-17(12)24-18-13(25)4-3-11(20(28)29)16(18)23-19/h3-4,7,9-10,21,25-27H,5-6,8H2,1-2H3,(H,28,29). The van der Waals surface area contributed by atoms with Gasteiger partial charge in [-0.15, -0.1) is 0 Å². The third-order valence-electron chi connectivity index (χ3n) is 4.27. The van der Waals surface area contributed by atoms with E-state index >= 15 is 0 Å². The number of aromatic carboxylic acids is 1. The fourth-order valence-electron chi connectivity index (χ4n) is 2.88. The molecular formula is C20H22N4O5. The van der Waals surface area contributed by atoms with Crippen molar-refractivity contribution in [2.24, 2.45) is 10.9 Å². The third-order valence-corrected chi connectivity index (χ3v) is 4.27. The van der Waals surface area contributed by atoms with Crippen molar-refractivity contribution in [2.45, 2.75) is 13.8 Å². The van der Waals surface area contributed by atoms with E-state index in [1.165, 1.54) is 18.3 Å². The number of phenols is 3. The lowest BCUT2D eigenvalue weighted by Gasteiger charge is -2.10. The van der Waals surface area contributed by atoms with E-state index in [2.05, 4.69) is 34.1 Å². The number of fused-ring (bicyclic) bond motifs is 2. The van der Waals surface area contributed by atoms with E-state index in [9.17, 15) is 25.2 Å². The van der Waals surface area contributed by atoms with Crippen LogP contribution >= 0.6 is 0 Å². The number of rotatable bonds is 7. The van der Waals surface area contributed by atoms with E-state index in [0.717, 1.165) is 12.6 Å². The maximum absolute atomic E-state index is 11.5. The van der Waals surface area contributed by atoms with E-state index in [-0.39, 0.29) is 50.4 Å². The molecule has 152 valence electrons. The molecule has 1 heterocycles. The first-order valence-electron chi connectivity index (χ1n) is 9.11. The van der Waals surface area contributed by atoms with Gasteiger partial charge in [0.25, 0.3) is 0 Å². The summed E-state index contributed by atoms with van der Waals surface area (Å²) in [6.45, 7) is 6.19. The van der Waals surface area contributed by atoms with Crippen molar-refractivity contribution < 1.29 is 25.2 Å². The highest BCUT2D eigenvalue weighted by atomic mass is 16.4. The second kappa shape index (κ2) is 8.27. The van der Waals surface area contributed by atoms with Crippen LogP contribution in [-0.4, -0.2) is 62.2 Å². The van der Waals surface area contributed by atoms with E-state index < -0.39 is 5.97 Å². The van der Waals surface area contributed by atoms with Gasteiger partial charge in [-0.2, -0.15) is 0 Å². The molecule has 9 nitrogen and oxygen atoms in total. The summed E-state index contributed by atoms with van der Waals surface area (Å²) in [5, 5.41) is 43.2. The lowest BCUT2D eigenvalue weighted by atomic mass is 10.1. The normalized spacial score (nSPS) is 11.8. The summed E-state index contributed by atoms with van der Waals surface area (Å²) < 4.78 is 0. The van der Waals surface area contributed by atoms with Gasteiger partial charge in [0.2, 0.25) is 0 Å². The first-order chi connectivity index (χ1) is 13.8. The summed E-state index contributed by atoms with van der Waals surface area (Å²) in [5.74, 6) is -1.59. The van der Waals surface area contributed by atoms with Gasteiger partial charge in [-0.25, -0.2) is 14.8 Å². The Kier molecular flexibility index (Phi) is 5.79. The fourth-order valence-corrected chi connectivity index (χ4v) is 2.88. The second-order valence-electron chi connectivity index (χ2n) is 7.02. The fraction of sp³-hybridized carbons (Fsp3) is 0.300. The van der Waals surface area contributed by atoms with E-state index in [1.807, 2.05) is 0 Å². The Morgan fingerprint density at radius 1 is 1.07 bits per heavy atom. The molecule has 29 heavy (non-hydrogen) atoms. The molecule has 0 aliphatic heterocycles. The number of hydrogen-bond acceptors (Lipinski definition) is 8. The summed E-state index contributed by atoms with van der Waals surface area (Å²) >= 11 is 0. The lowest BCUT2D eigenvalue weighted by Crippen LogP contribution is -2.22. The van der Waals surface area contributed by atoms with Crippen molar-refractivity contribution in [1.82, 2.24) is 15.3 Å². The van der Waals surface area contributed by atoms with Crippen LogP contribution in [0.1, 0.15) is 29.8 Å². The summed E-state index contributed by atoms with van der Waals surface area (Å²) in [6, 6.07) is 3.53. The predicted octanol–water partition coefficient (Wildman–Crippen LogP) is 2.26. The van der Waals surface area contributed by atoms with E-state index in [1.54, 1.807) is 0 Å². The Morgan fingerprint density at radius 2 is 1.76 bits per heavy atom. The number of nitrogens with one attached hydrogen (secondary N) is 1. The Labute approximate surface area is 166 Å². The van der Waals surface area contributed by atoms with Crippen molar-refractivity contribution in [2.75, 3.05) is 19.6 Å². The number of benzene rings is 2. The van der Waals surface area contributed by atoms with Gasteiger partial charge in [-0.1, -0.05) is 13.8 Å². The Bertz CT molecular complexity index is 1110. The molecule has 0 bridgehead atoms. The molecule has 3 rings (SSSR count). The molecular weight excluding hydrogens is 376 g/mol. The maximum atomic E-state index is 11.5. The molecule has 2 aromatic carbocycles. The van der Waals surface area contributed by atoms with Gasteiger partial charge in [0.05, 0.1) is 17.7 Å². The van der Waals surface area contributed by atoms with Crippen LogP contribution in [0.15, 0.2) is 23.2 Å². The van der Waals surface area contributed by atoms with Crippen molar-refractivity contribution in [1.29, 1.82) is 0 Å². The van der Waals surface area contributed by atoms with Crippen LogP contribution in [-0.2, 0) is 0 Å². The zero-order valence-electron chi connectivity index (χ0n) is 16.0. The topological polar surface area (TPSA) is 148 Å². The van der Waals surface area contributed by atoms with E-state index in [0.29, 0.717) is 19.0 Å². The number of nitrogens with zero attached hydrogens (tertiary/aromatic N) is 3. The number of carboxylic acid groups (broad SMARTS) is 1. The molecule has 3 aromatic rings. The van der Waals surface area contributed by atoms with Gasteiger partial charge in [0.15, 0.2) is 0 Å². The quantitative estimate of drug-likeness (QED) is 0.231. The minimum Gasteiger partial charge on any atom is -0.507 e. The molecule has 0 aliphatic carbocycles. The number of aromatic nitrogens is 2. The highest BCUT2D eigenvalue weighted by Gasteiger charge is 2.19. The smallest absolute Gasteiger partial charge is 0.337 e. The average molecular weight is 398 g/mol. The monoisotopic (exact) mass is 398 g/mol. The Morgan fingerprint density at radius 3 is 2.45 bits per heavy atom. The van der Waals surface area contributed by atoms with Gasteiger partial charge in [-0.05, 0) is 24.6 Å². The highest BCUT2D eigenvalue weighted by Crippen LogP contribution is 2.35. The van der Waals surface area contributed by atoms with Gasteiger partial charge >= 0.3 is 5.97 Å². The average Bonchev–Trinajstić information content (AvgIpc) is 2.65. The molecule has 1 aromatic heterocycles. The summed E-state index contributed by atoms with van der Waals surface area (Å²) in [7, 11) is 0. The third kappa shape index (κ3) is 4.19. The SMILES string of the molecule is CC(C)CNCCN=Cc1c(O)cc(O)c2nc3c(C(=O)O)ccc(O)c3nc12. The van der Waals surface area contributed by atoms with Gasteiger partial charge in [0, 0.05) is 18.8 Å². The van der Waals surface area contributed by atoms with Crippen LogP contribution in [0.4, 0.5) is 0 Å². The molecule has 0 unspecified atom stereocenters. The first-order valence-corrected chi connectivity index (χ1v) is 9.11. The Hall–Kier alpha value is -3.46. The van der Waals surface area contributed by atoms with Crippen LogP contribution in [0.3, 0.4) is 0 Å². The number of aliphatic imine (C=N–C) groups is 1. The number of carboxylic acids is 1. The number of aromatic hydroxyl groups is 3. The predicted molar refractivity (Wildman–Crippen MR) is 109 cm³/mol. The molecule has 0 fully saturated rings. The van der Waals surface area contributed by atoms with Gasteiger partial charge in [0.1, 0.15) is 39.3 Å². The minimum atomic E-state index is -1.24. The molecule has 0 radical (unpaired) electrons. The molecule has 9 heteroatoms. The van der Waals surface area contributed by atoms with Crippen LogP contribution in [0.25, 0.3) is 22.1 Å². The Balaban J connectivity index is 2.08. The van der Waals surface area contributed by atoms with Crippen LogP contribution in [0, 0.1) is 5.92 Å². The first kappa shape index (κ1) is 20.3. The second-order valence-corrected chi connectivity index (χ2v) is 7.02. The largest absolute Gasteiger partial charge is 0.507 e. The summed E-state index contributed by atoms with van der Waals surface area (Å²) in [4.78, 5) is 24.2. The van der Waals surface area contributed by atoms with Crippen molar-refractivity contribution in [3.8, 4) is 17.2 Å². The zero-order valence-corrected chi connectivity index (χ0v) is 16.0. The molecule has 0 spiro atoms. The molecule has 0 aliphatic rings. The number of phenolic OH excluding ortho intramolecular Hbond substituents is 3. The lowest BCUT2D eigenvalue weighted by molar-refractivity contribution is 0.0699. The number of carbonyl (C=O) groups is 1. The van der Waals surface area contributed by atoms with Crippen molar-refractivity contribution in [3.05, 3.63) is 29.3 Å². The van der Waals surface area contributed by atoms with Gasteiger partial charge < -0.3 is 25.7 Å². The molecule has 5 N–H and O–H groups in total. The van der Waals surface area contributed by atoms with E-state index in [4.69, 9.17) is 0 Å². The maximum Gasteiger partial charge on any atom is 0.337 e. The van der Waals surface area contributed by atoms with Crippen LogP contribution in [0.5, 0.6) is 17.2 Å². The summed E-state index contributed by atoms with van der Waals surface area (Å²) in [6.07, 6.45) is 1.42. The number of hydrogen-bond donors (Lipinski definition) is 5. The van der Waals surface area contributed by atoms with Crippen molar-refractivity contribution >= 4 is 34.3 Å². The molecule has 0 saturated carbocycles. The van der Waals surface area contributed by atoms with Gasteiger partial charge in [-0.3, -0.25) is 4.99 Å². The van der Waals surface area contributed by atoms with Crippen molar-refractivity contribution in [3.63, 3.8) is 0 Å². The molecule has 0 amide bonds. The zero-order chi connectivity index (χ0) is 21.1.